The topological polar surface area (TPSA) is 86.5 Å². The standard InChI is InChI=1S/C6H4F3NO4/c7-6(8,9)3(12)5(10)1-2(11)14-4(5)13/h1,10H2. The Morgan fingerprint density at radius 1 is 1.43 bits per heavy atom. The van der Waals surface area contributed by atoms with Crippen LogP contribution in [0.15, 0.2) is 0 Å². The Hall–Kier alpha value is -1.44. The molecular weight excluding hydrogens is 207 g/mol. The Morgan fingerprint density at radius 2 is 1.93 bits per heavy atom. The summed E-state index contributed by atoms with van der Waals surface area (Å²) in [7, 11) is 0. The number of cyclic esters (lactones) is 2. The molecular formula is C6H4F3NO4. The van der Waals surface area contributed by atoms with Gasteiger partial charge < -0.3 is 10.5 Å². The molecule has 8 heteroatoms. The van der Waals surface area contributed by atoms with E-state index in [9.17, 15) is 27.6 Å². The van der Waals surface area contributed by atoms with E-state index in [2.05, 4.69) is 4.74 Å². The van der Waals surface area contributed by atoms with Crippen molar-refractivity contribution >= 4 is 17.7 Å². The van der Waals surface area contributed by atoms with Gasteiger partial charge in [-0.05, 0) is 0 Å². The van der Waals surface area contributed by atoms with Crippen LogP contribution in [-0.4, -0.2) is 29.4 Å². The third-order valence-corrected chi connectivity index (χ3v) is 1.66. The van der Waals surface area contributed by atoms with Gasteiger partial charge in [-0.3, -0.25) is 9.59 Å². The van der Waals surface area contributed by atoms with Crippen LogP contribution in [0.25, 0.3) is 0 Å². The van der Waals surface area contributed by atoms with Gasteiger partial charge in [0.05, 0.1) is 6.42 Å². The van der Waals surface area contributed by atoms with Crippen molar-refractivity contribution in [2.45, 2.75) is 18.1 Å². The van der Waals surface area contributed by atoms with Gasteiger partial charge in [0.25, 0.3) is 5.78 Å². The second-order valence-corrected chi connectivity index (χ2v) is 2.74. The molecule has 2 N–H and O–H groups in total. The van der Waals surface area contributed by atoms with Crippen LogP contribution in [0.2, 0.25) is 0 Å². The van der Waals surface area contributed by atoms with E-state index in [0.29, 0.717) is 0 Å². The van der Waals surface area contributed by atoms with Crippen LogP contribution in [-0.2, 0) is 19.1 Å². The largest absolute Gasteiger partial charge is 0.452 e. The van der Waals surface area contributed by atoms with Crippen molar-refractivity contribution in [2.24, 2.45) is 5.73 Å². The lowest BCUT2D eigenvalue weighted by Crippen LogP contribution is -2.57. The van der Waals surface area contributed by atoms with Crippen molar-refractivity contribution in [1.29, 1.82) is 0 Å². The van der Waals surface area contributed by atoms with Crippen LogP contribution >= 0.6 is 0 Å². The van der Waals surface area contributed by atoms with Crippen molar-refractivity contribution in [3.05, 3.63) is 0 Å². The number of Topliss-reactive ketones (excluding diaryl/α,β-unsaturated/α-hetero) is 1. The molecule has 78 valence electrons. The van der Waals surface area contributed by atoms with Gasteiger partial charge in [0.1, 0.15) is 0 Å². The van der Waals surface area contributed by atoms with E-state index in [1.165, 1.54) is 0 Å². The van der Waals surface area contributed by atoms with E-state index in [-0.39, 0.29) is 0 Å². The number of nitrogens with two attached hydrogens (primary N) is 1. The number of hydrogen-bond donors (Lipinski definition) is 1. The van der Waals surface area contributed by atoms with Gasteiger partial charge in [-0.25, -0.2) is 4.79 Å². The third kappa shape index (κ3) is 1.48. The number of carbonyl (C=O) groups excluding carboxylic acids is 3. The lowest BCUT2D eigenvalue weighted by atomic mass is 9.93. The smallest absolute Gasteiger partial charge is 0.391 e. The first-order valence-corrected chi connectivity index (χ1v) is 3.33. The highest BCUT2D eigenvalue weighted by molar-refractivity contribution is 6.18. The van der Waals surface area contributed by atoms with Crippen LogP contribution in [0.5, 0.6) is 0 Å². The van der Waals surface area contributed by atoms with E-state index in [0.717, 1.165) is 0 Å². The van der Waals surface area contributed by atoms with Gasteiger partial charge in [-0.1, -0.05) is 0 Å². The predicted octanol–water partition coefficient (Wildman–Crippen LogP) is -0.711. The fourth-order valence-electron chi connectivity index (χ4n) is 0.956. The van der Waals surface area contributed by atoms with Crippen molar-refractivity contribution in [3.8, 4) is 0 Å². The molecule has 0 aliphatic carbocycles. The summed E-state index contributed by atoms with van der Waals surface area (Å²) < 4.78 is 39.5. The van der Waals surface area contributed by atoms with Gasteiger partial charge >= 0.3 is 18.1 Å². The zero-order valence-electron chi connectivity index (χ0n) is 6.55. The minimum absolute atomic E-state index is 1.08. The van der Waals surface area contributed by atoms with E-state index in [1.807, 2.05) is 0 Å². The number of hydrogen-bond acceptors (Lipinski definition) is 5. The van der Waals surface area contributed by atoms with Crippen molar-refractivity contribution < 1.29 is 32.3 Å². The quantitative estimate of drug-likeness (QED) is 0.457. The van der Waals surface area contributed by atoms with Crippen molar-refractivity contribution in [2.75, 3.05) is 0 Å². The maximum atomic E-state index is 11.9. The maximum absolute atomic E-state index is 11.9. The molecule has 1 unspecified atom stereocenters. The zero-order valence-corrected chi connectivity index (χ0v) is 6.55. The lowest BCUT2D eigenvalue weighted by molar-refractivity contribution is -0.179. The summed E-state index contributed by atoms with van der Waals surface area (Å²) in [5.41, 5.74) is 1.95. The first-order valence-electron chi connectivity index (χ1n) is 3.33. The number of alkyl halides is 3. The van der Waals surface area contributed by atoms with Crippen LogP contribution in [0.4, 0.5) is 13.2 Å². The normalized spacial score (nSPS) is 27.7. The highest BCUT2D eigenvalue weighted by Gasteiger charge is 2.60. The molecule has 0 amide bonds. The fraction of sp³-hybridized carbons (Fsp3) is 0.500. The molecule has 14 heavy (non-hydrogen) atoms. The molecule has 0 aromatic rings. The molecule has 1 fully saturated rings. The van der Waals surface area contributed by atoms with Crippen molar-refractivity contribution in [1.82, 2.24) is 0 Å². The maximum Gasteiger partial charge on any atom is 0.452 e. The summed E-state index contributed by atoms with van der Waals surface area (Å²) in [6.45, 7) is 0. The summed E-state index contributed by atoms with van der Waals surface area (Å²) in [6, 6.07) is 0. The molecule has 0 bridgehead atoms. The Labute approximate surface area is 75.0 Å². The predicted molar refractivity (Wildman–Crippen MR) is 33.7 cm³/mol. The van der Waals surface area contributed by atoms with Crippen LogP contribution in [0.3, 0.4) is 0 Å². The molecule has 0 saturated carbocycles. The Morgan fingerprint density at radius 3 is 2.21 bits per heavy atom. The monoisotopic (exact) mass is 211 g/mol. The van der Waals surface area contributed by atoms with Crippen LogP contribution < -0.4 is 5.73 Å². The second kappa shape index (κ2) is 2.77. The van der Waals surface area contributed by atoms with E-state index in [4.69, 9.17) is 5.73 Å². The lowest BCUT2D eigenvalue weighted by Gasteiger charge is -2.17. The third-order valence-electron chi connectivity index (χ3n) is 1.66. The van der Waals surface area contributed by atoms with Gasteiger partial charge in [-0.15, -0.1) is 0 Å². The summed E-state index contributed by atoms with van der Waals surface area (Å²) in [4.78, 5) is 31.8. The summed E-state index contributed by atoms with van der Waals surface area (Å²) >= 11 is 0. The first-order chi connectivity index (χ1) is 6.18. The Kier molecular flexibility index (Phi) is 2.11. The van der Waals surface area contributed by atoms with Crippen LogP contribution in [0.1, 0.15) is 6.42 Å². The van der Waals surface area contributed by atoms with E-state index in [1.54, 1.807) is 0 Å². The molecule has 0 aromatic heterocycles. The van der Waals surface area contributed by atoms with Gasteiger partial charge in [-0.2, -0.15) is 13.2 Å². The molecule has 0 aromatic carbocycles. The minimum Gasteiger partial charge on any atom is -0.391 e. The van der Waals surface area contributed by atoms with E-state index >= 15 is 0 Å². The highest BCUT2D eigenvalue weighted by Crippen LogP contribution is 2.28. The van der Waals surface area contributed by atoms with Gasteiger partial charge in [0.2, 0.25) is 0 Å². The average molecular weight is 211 g/mol. The number of ketones is 1. The SMILES string of the molecule is NC1(C(=O)C(F)(F)F)CC(=O)OC1=O. The fourth-order valence-corrected chi connectivity index (χ4v) is 0.956. The highest BCUT2D eigenvalue weighted by atomic mass is 19.4. The second-order valence-electron chi connectivity index (χ2n) is 2.74. The number of carbonyl (C=O) groups is 3. The van der Waals surface area contributed by atoms with Crippen LogP contribution in [0, 0.1) is 0 Å². The number of ether oxygens (including phenoxy) is 1. The molecule has 0 radical (unpaired) electrons. The molecule has 1 aliphatic rings. The summed E-state index contributed by atoms with van der Waals surface area (Å²) in [5, 5.41) is 0. The molecule has 1 aliphatic heterocycles. The summed E-state index contributed by atoms with van der Waals surface area (Å²) in [5.74, 6) is -5.37. The van der Waals surface area contributed by atoms with Crippen molar-refractivity contribution in [3.63, 3.8) is 0 Å². The molecule has 5 nitrogen and oxygen atoms in total. The Balaban J connectivity index is 3.03. The molecule has 1 heterocycles. The average Bonchev–Trinajstić information content (AvgIpc) is 2.24. The number of rotatable bonds is 1. The minimum atomic E-state index is -5.27. The summed E-state index contributed by atoms with van der Waals surface area (Å²) in [6.07, 6.45) is -6.34. The molecule has 1 atom stereocenters. The van der Waals surface area contributed by atoms with Gasteiger partial charge in [0.15, 0.2) is 5.54 Å². The molecule has 1 saturated heterocycles. The Bertz CT molecular complexity index is 324. The number of halogens is 3. The first kappa shape index (κ1) is 10.6. The zero-order chi connectivity index (χ0) is 11.1. The van der Waals surface area contributed by atoms with E-state index < -0.39 is 35.9 Å². The molecule has 0 spiro atoms. The molecule has 1 rings (SSSR count). The number of esters is 2. The van der Waals surface area contributed by atoms with Gasteiger partial charge in [0, 0.05) is 0 Å².